The third kappa shape index (κ3) is 3.88. The Morgan fingerprint density at radius 1 is 1.43 bits per heavy atom. The number of hydrogen-bond donors (Lipinski definition) is 2. The van der Waals surface area contributed by atoms with Gasteiger partial charge in [-0.25, -0.2) is 9.48 Å². The van der Waals surface area contributed by atoms with Crippen molar-refractivity contribution < 1.29 is 19.4 Å². The van der Waals surface area contributed by atoms with Crippen LogP contribution in [-0.4, -0.2) is 46.5 Å². The van der Waals surface area contributed by atoms with Crippen molar-refractivity contribution in [1.82, 2.24) is 15.1 Å². The molecule has 1 heterocycles. The molecule has 0 radical (unpaired) electrons. The first-order chi connectivity index (χ1) is 9.79. The van der Waals surface area contributed by atoms with Crippen LogP contribution in [0.1, 0.15) is 28.0 Å². The summed E-state index contributed by atoms with van der Waals surface area (Å²) in [6.07, 6.45) is 0.112. The Labute approximate surface area is 121 Å². The molecule has 8 heteroatoms. The van der Waals surface area contributed by atoms with E-state index < -0.39 is 23.5 Å². The van der Waals surface area contributed by atoms with Crippen molar-refractivity contribution in [2.24, 2.45) is 7.05 Å². The summed E-state index contributed by atoms with van der Waals surface area (Å²) in [7, 11) is 2.87. The summed E-state index contributed by atoms with van der Waals surface area (Å²) in [5.41, 5.74) is 0.317. The van der Waals surface area contributed by atoms with E-state index in [2.05, 4.69) is 10.4 Å². The number of methoxy groups -OCH3 is 1. The zero-order valence-corrected chi connectivity index (χ0v) is 12.5. The predicted octanol–water partition coefficient (Wildman–Crippen LogP) is -0.383. The second-order valence-corrected chi connectivity index (χ2v) is 4.66. The van der Waals surface area contributed by atoms with Crippen molar-refractivity contribution in [2.75, 3.05) is 13.7 Å². The number of carboxylic acids is 1. The Morgan fingerprint density at radius 2 is 2.05 bits per heavy atom. The molecule has 0 bridgehead atoms. The van der Waals surface area contributed by atoms with Gasteiger partial charge in [0.05, 0.1) is 5.69 Å². The predicted molar refractivity (Wildman–Crippen MR) is 74.3 cm³/mol. The normalized spacial score (nSPS) is 12.0. The Kier molecular flexibility index (Phi) is 5.60. The first-order valence-electron chi connectivity index (χ1n) is 6.36. The Balaban J connectivity index is 3.09. The van der Waals surface area contributed by atoms with Crippen LogP contribution < -0.4 is 10.9 Å². The van der Waals surface area contributed by atoms with E-state index in [1.54, 1.807) is 13.8 Å². The van der Waals surface area contributed by atoms with Crippen LogP contribution in [0.3, 0.4) is 0 Å². The second-order valence-electron chi connectivity index (χ2n) is 4.66. The summed E-state index contributed by atoms with van der Waals surface area (Å²) in [4.78, 5) is 35.3. The molecule has 0 saturated heterocycles. The van der Waals surface area contributed by atoms with E-state index in [4.69, 9.17) is 9.84 Å². The zero-order valence-electron chi connectivity index (χ0n) is 12.5. The largest absolute Gasteiger partial charge is 0.480 e. The topological polar surface area (TPSA) is 111 Å². The summed E-state index contributed by atoms with van der Waals surface area (Å²) in [6.45, 7) is 3.46. The number of aromatic nitrogens is 2. The van der Waals surface area contributed by atoms with Gasteiger partial charge in [0.25, 0.3) is 11.5 Å². The Hall–Kier alpha value is -2.22. The molecule has 1 unspecified atom stereocenters. The molecular formula is C13H19N3O5. The maximum absolute atomic E-state index is 12.2. The third-order valence-corrected chi connectivity index (χ3v) is 3.17. The standard InChI is InChI=1S/C13H19N3O5/c1-7-8(2)15-16(3)12(18)10(7)11(17)14-9(13(19)20)5-6-21-4/h9H,5-6H2,1-4H3,(H,14,17)(H,19,20). The van der Waals surface area contributed by atoms with Crippen LogP contribution in [-0.2, 0) is 16.6 Å². The molecule has 1 amide bonds. The highest BCUT2D eigenvalue weighted by Gasteiger charge is 2.24. The Morgan fingerprint density at radius 3 is 2.57 bits per heavy atom. The first-order valence-corrected chi connectivity index (χ1v) is 6.36. The van der Waals surface area contributed by atoms with Gasteiger partial charge >= 0.3 is 5.97 Å². The lowest BCUT2D eigenvalue weighted by atomic mass is 10.1. The average molecular weight is 297 g/mol. The SMILES string of the molecule is COCCC(NC(=O)c1c(C)c(C)nn(C)c1=O)C(=O)O. The summed E-state index contributed by atoms with van der Waals surface area (Å²) in [6, 6.07) is -1.12. The van der Waals surface area contributed by atoms with Gasteiger partial charge < -0.3 is 15.2 Å². The molecule has 2 N–H and O–H groups in total. The molecule has 0 spiro atoms. The van der Waals surface area contributed by atoms with Gasteiger partial charge in [-0.1, -0.05) is 0 Å². The number of rotatable bonds is 6. The van der Waals surface area contributed by atoms with Crippen molar-refractivity contribution in [3.05, 3.63) is 27.2 Å². The van der Waals surface area contributed by atoms with Crippen LogP contribution >= 0.6 is 0 Å². The molecule has 0 saturated carbocycles. The molecule has 0 aliphatic carbocycles. The lowest BCUT2D eigenvalue weighted by Crippen LogP contribution is -2.44. The summed E-state index contributed by atoms with van der Waals surface area (Å²) >= 11 is 0. The maximum atomic E-state index is 12.2. The summed E-state index contributed by atoms with van der Waals surface area (Å²) in [5.74, 6) is -1.90. The van der Waals surface area contributed by atoms with Gasteiger partial charge in [0.15, 0.2) is 0 Å². The molecule has 0 fully saturated rings. The van der Waals surface area contributed by atoms with Crippen LogP contribution in [0.4, 0.5) is 0 Å². The Bertz CT molecular complexity index is 609. The van der Waals surface area contributed by atoms with E-state index in [1.165, 1.54) is 14.2 Å². The number of aryl methyl sites for hydroxylation is 2. The van der Waals surface area contributed by atoms with Gasteiger partial charge in [-0.05, 0) is 19.4 Å². The molecule has 8 nitrogen and oxygen atoms in total. The minimum atomic E-state index is -1.18. The van der Waals surface area contributed by atoms with Crippen molar-refractivity contribution in [2.45, 2.75) is 26.3 Å². The number of ether oxygens (including phenoxy) is 1. The van der Waals surface area contributed by atoms with Gasteiger partial charge in [0.1, 0.15) is 11.6 Å². The molecule has 1 atom stereocenters. The molecule has 116 valence electrons. The molecule has 0 aliphatic rings. The fourth-order valence-corrected chi connectivity index (χ4v) is 1.84. The molecule has 0 aliphatic heterocycles. The van der Waals surface area contributed by atoms with Crippen LogP contribution in [0.2, 0.25) is 0 Å². The number of hydrogen-bond acceptors (Lipinski definition) is 5. The molecule has 0 aromatic carbocycles. The van der Waals surface area contributed by atoms with Crippen LogP contribution in [0.15, 0.2) is 4.79 Å². The quantitative estimate of drug-likeness (QED) is 0.740. The summed E-state index contributed by atoms with van der Waals surface area (Å²) < 4.78 is 5.86. The van der Waals surface area contributed by atoms with Gasteiger partial charge in [-0.2, -0.15) is 5.10 Å². The van der Waals surface area contributed by atoms with Crippen molar-refractivity contribution in [1.29, 1.82) is 0 Å². The highest BCUT2D eigenvalue weighted by molar-refractivity contribution is 5.97. The molecule has 21 heavy (non-hydrogen) atoms. The number of carbonyl (C=O) groups excluding carboxylic acids is 1. The average Bonchev–Trinajstić information content (AvgIpc) is 2.41. The smallest absolute Gasteiger partial charge is 0.326 e. The highest BCUT2D eigenvalue weighted by atomic mass is 16.5. The van der Waals surface area contributed by atoms with Crippen LogP contribution in [0.25, 0.3) is 0 Å². The first kappa shape index (κ1) is 16.8. The van der Waals surface area contributed by atoms with Crippen LogP contribution in [0, 0.1) is 13.8 Å². The molecular weight excluding hydrogens is 278 g/mol. The number of carbonyl (C=O) groups is 2. The second kappa shape index (κ2) is 6.98. The fourth-order valence-electron chi connectivity index (χ4n) is 1.84. The van der Waals surface area contributed by atoms with Crippen LogP contribution in [0.5, 0.6) is 0 Å². The van der Waals surface area contributed by atoms with Gasteiger partial charge in [-0.3, -0.25) is 9.59 Å². The number of amides is 1. The maximum Gasteiger partial charge on any atom is 0.326 e. The van der Waals surface area contributed by atoms with E-state index in [0.29, 0.717) is 11.3 Å². The molecule has 1 aromatic rings. The van der Waals surface area contributed by atoms with Crippen molar-refractivity contribution in [3.8, 4) is 0 Å². The highest BCUT2D eigenvalue weighted by Crippen LogP contribution is 2.06. The third-order valence-electron chi connectivity index (χ3n) is 3.17. The molecule has 1 aromatic heterocycles. The van der Waals surface area contributed by atoms with Crippen molar-refractivity contribution in [3.63, 3.8) is 0 Å². The zero-order chi connectivity index (χ0) is 16.2. The monoisotopic (exact) mass is 297 g/mol. The van der Waals surface area contributed by atoms with Gasteiger partial charge in [0.2, 0.25) is 0 Å². The van der Waals surface area contributed by atoms with E-state index in [0.717, 1.165) is 4.68 Å². The number of carboxylic acid groups (broad SMARTS) is 1. The van der Waals surface area contributed by atoms with Gasteiger partial charge in [-0.15, -0.1) is 0 Å². The lowest BCUT2D eigenvalue weighted by Gasteiger charge is -2.15. The summed E-state index contributed by atoms with van der Waals surface area (Å²) in [5, 5.41) is 15.4. The minimum absolute atomic E-state index is 0.0892. The van der Waals surface area contributed by atoms with E-state index in [1.807, 2.05) is 0 Å². The number of nitrogens with zero attached hydrogens (tertiary/aromatic N) is 2. The fraction of sp³-hybridized carbons (Fsp3) is 0.538. The number of nitrogens with one attached hydrogen (secondary N) is 1. The lowest BCUT2D eigenvalue weighted by molar-refractivity contribution is -0.139. The van der Waals surface area contributed by atoms with Crippen molar-refractivity contribution >= 4 is 11.9 Å². The minimum Gasteiger partial charge on any atom is -0.480 e. The van der Waals surface area contributed by atoms with E-state index in [9.17, 15) is 14.4 Å². The number of aliphatic carboxylic acids is 1. The molecule has 1 rings (SSSR count). The van der Waals surface area contributed by atoms with E-state index in [-0.39, 0.29) is 18.6 Å². The van der Waals surface area contributed by atoms with Gasteiger partial charge in [0, 0.05) is 27.2 Å². The van der Waals surface area contributed by atoms with E-state index >= 15 is 0 Å².